The van der Waals surface area contributed by atoms with Gasteiger partial charge in [0.2, 0.25) is 5.09 Å². The molecular weight excluding hydrogens is 414 g/mol. The van der Waals surface area contributed by atoms with Gasteiger partial charge in [0.05, 0.1) is 0 Å². The van der Waals surface area contributed by atoms with Crippen LogP contribution in [0.15, 0.2) is 27.7 Å². The van der Waals surface area contributed by atoms with Gasteiger partial charge in [-0.3, -0.25) is 0 Å². The smallest absolute Gasteiger partial charge is 0.333 e. The molecule has 0 saturated heterocycles. The number of hydrogen-bond acceptors (Lipinski definition) is 5. The van der Waals surface area contributed by atoms with Gasteiger partial charge in [0.25, 0.3) is 10.0 Å². The van der Waals surface area contributed by atoms with E-state index < -0.39 is 16.1 Å². The van der Waals surface area contributed by atoms with Gasteiger partial charge < -0.3 is 14.6 Å². The van der Waals surface area contributed by atoms with Gasteiger partial charge in [-0.1, -0.05) is 19.1 Å². The number of urea groups is 1. The zero-order valence-electron chi connectivity index (χ0n) is 18.6. The van der Waals surface area contributed by atoms with Crippen LogP contribution in [-0.4, -0.2) is 33.4 Å². The molecule has 2 amide bonds. The number of sulfonamides is 1. The maximum absolute atomic E-state index is 12.8. The quantitative estimate of drug-likeness (QED) is 0.668. The maximum atomic E-state index is 12.8. The molecule has 31 heavy (non-hydrogen) atoms. The minimum absolute atomic E-state index is 0.248. The average Bonchev–Trinajstić information content (AvgIpc) is 3.31. The summed E-state index contributed by atoms with van der Waals surface area (Å²) in [5, 5.41) is 2.63. The summed E-state index contributed by atoms with van der Waals surface area (Å²) in [7, 11) is -0.328. The van der Waals surface area contributed by atoms with Gasteiger partial charge in [-0.25, -0.2) is 9.52 Å². The molecule has 4 rings (SSSR count). The van der Waals surface area contributed by atoms with E-state index >= 15 is 0 Å². The van der Waals surface area contributed by atoms with Gasteiger partial charge in [-0.15, -0.1) is 0 Å². The summed E-state index contributed by atoms with van der Waals surface area (Å²) in [5.41, 5.74) is 5.02. The van der Waals surface area contributed by atoms with Gasteiger partial charge >= 0.3 is 6.03 Å². The molecule has 1 unspecified atom stereocenters. The summed E-state index contributed by atoms with van der Waals surface area (Å²) in [6, 6.07) is 4.98. The van der Waals surface area contributed by atoms with Crippen molar-refractivity contribution in [3.8, 4) is 0 Å². The fourth-order valence-corrected chi connectivity index (χ4v) is 5.42. The second-order valence-electron chi connectivity index (χ2n) is 9.09. The van der Waals surface area contributed by atoms with Crippen molar-refractivity contribution < 1.29 is 17.6 Å². The number of furan rings is 1. The van der Waals surface area contributed by atoms with Gasteiger partial charge in [-0.05, 0) is 81.6 Å². The molecule has 0 spiro atoms. The molecule has 1 atom stereocenters. The van der Waals surface area contributed by atoms with Crippen LogP contribution in [0.25, 0.3) is 0 Å². The lowest BCUT2D eigenvalue weighted by Gasteiger charge is -2.20. The second kappa shape index (κ2) is 8.31. The van der Waals surface area contributed by atoms with Crippen molar-refractivity contribution >= 4 is 21.7 Å². The van der Waals surface area contributed by atoms with E-state index in [4.69, 9.17) is 4.42 Å². The predicted octanol–water partition coefficient (Wildman–Crippen LogP) is 4.16. The molecule has 2 N–H and O–H groups in total. The van der Waals surface area contributed by atoms with E-state index in [2.05, 4.69) is 29.1 Å². The summed E-state index contributed by atoms with van der Waals surface area (Å²) in [5.74, 6) is 1.49. The molecule has 168 valence electrons. The Balaban J connectivity index is 1.56. The van der Waals surface area contributed by atoms with Crippen molar-refractivity contribution in [2.45, 2.75) is 63.5 Å². The number of anilines is 1. The van der Waals surface area contributed by atoms with Crippen LogP contribution in [0.1, 0.15) is 60.1 Å². The molecule has 1 heterocycles. The summed E-state index contributed by atoms with van der Waals surface area (Å²) in [6.45, 7) is 4.46. The maximum Gasteiger partial charge on any atom is 0.333 e. The van der Waals surface area contributed by atoms with Gasteiger partial charge in [0.1, 0.15) is 5.76 Å². The molecule has 8 heteroatoms. The number of fused-ring (bicyclic) bond motifs is 1. The van der Waals surface area contributed by atoms with E-state index in [0.717, 1.165) is 41.6 Å². The van der Waals surface area contributed by atoms with Gasteiger partial charge in [0.15, 0.2) is 0 Å². The summed E-state index contributed by atoms with van der Waals surface area (Å²) in [4.78, 5) is 14.7. The third-order valence-electron chi connectivity index (χ3n) is 6.35. The molecule has 2 aromatic rings. The van der Waals surface area contributed by atoms with Crippen molar-refractivity contribution in [1.82, 2.24) is 9.62 Å². The third kappa shape index (κ3) is 4.65. The monoisotopic (exact) mass is 445 g/mol. The number of aryl methyl sites for hydroxylation is 2. The summed E-state index contributed by atoms with van der Waals surface area (Å²) in [6.07, 6.45) is 5.33. The first-order valence-electron chi connectivity index (χ1n) is 10.9. The Bertz CT molecular complexity index is 1100. The number of hydrogen-bond donors (Lipinski definition) is 2. The van der Waals surface area contributed by atoms with Gasteiger partial charge in [0, 0.05) is 23.9 Å². The number of nitrogens with one attached hydrogen (secondary N) is 2. The molecule has 0 bridgehead atoms. The highest BCUT2D eigenvalue weighted by Gasteiger charge is 2.32. The van der Waals surface area contributed by atoms with E-state index in [1.165, 1.54) is 24.5 Å². The van der Waals surface area contributed by atoms with Crippen molar-refractivity contribution in [2.24, 2.45) is 5.92 Å². The van der Waals surface area contributed by atoms with E-state index in [1.807, 2.05) is 19.0 Å². The highest BCUT2D eigenvalue weighted by atomic mass is 32.2. The first kappa shape index (κ1) is 21.9. The zero-order chi connectivity index (χ0) is 22.3. The van der Waals surface area contributed by atoms with E-state index in [9.17, 15) is 13.2 Å². The van der Waals surface area contributed by atoms with E-state index in [0.29, 0.717) is 24.1 Å². The van der Waals surface area contributed by atoms with Crippen LogP contribution < -0.4 is 10.0 Å². The average molecular weight is 446 g/mol. The van der Waals surface area contributed by atoms with Crippen molar-refractivity contribution in [2.75, 3.05) is 19.4 Å². The topological polar surface area (TPSA) is 91.6 Å². The molecule has 1 saturated carbocycles. The van der Waals surface area contributed by atoms with Crippen LogP contribution in [0, 0.1) is 12.8 Å². The minimum Gasteiger partial charge on any atom is -0.448 e. The highest BCUT2D eigenvalue weighted by molar-refractivity contribution is 7.89. The molecule has 0 aliphatic heterocycles. The molecule has 7 nitrogen and oxygen atoms in total. The SMILES string of the molecule is Cc1oc(S(=O)(=O)NC(=O)Nc2c(C(C)C3CC3)ccc3c2CCC3)cc1CN(C)C. The Kier molecular flexibility index (Phi) is 5.87. The zero-order valence-corrected chi connectivity index (χ0v) is 19.4. The normalized spacial score (nSPS) is 16.9. The van der Waals surface area contributed by atoms with E-state index in [-0.39, 0.29) is 5.09 Å². The molecule has 2 aliphatic rings. The Morgan fingerprint density at radius 2 is 2.00 bits per heavy atom. The number of amides is 2. The van der Waals surface area contributed by atoms with Crippen LogP contribution in [0.5, 0.6) is 0 Å². The van der Waals surface area contributed by atoms with Crippen molar-refractivity contribution in [3.63, 3.8) is 0 Å². The highest BCUT2D eigenvalue weighted by Crippen LogP contribution is 2.46. The Morgan fingerprint density at radius 1 is 1.26 bits per heavy atom. The predicted molar refractivity (Wildman–Crippen MR) is 120 cm³/mol. The first-order chi connectivity index (χ1) is 14.7. The number of carbonyl (C=O) groups excluding carboxylic acids is 1. The third-order valence-corrected chi connectivity index (χ3v) is 7.53. The Morgan fingerprint density at radius 3 is 2.68 bits per heavy atom. The minimum atomic E-state index is -4.12. The fraction of sp³-hybridized carbons (Fsp3) is 0.522. The lowest BCUT2D eigenvalue weighted by atomic mass is 9.91. The number of nitrogens with zero attached hydrogens (tertiary/aromatic N) is 1. The summed E-state index contributed by atoms with van der Waals surface area (Å²) < 4.78 is 33.1. The molecule has 1 aromatic carbocycles. The fourth-order valence-electron chi connectivity index (χ4n) is 4.49. The standard InChI is InChI=1S/C23H31N3O4S/c1-14(16-8-9-16)19-11-10-17-6-5-7-20(17)22(19)24-23(27)25-31(28,29)21-12-18(13-26(3)4)15(2)30-21/h10-12,14,16H,5-9,13H2,1-4H3,(H2,24,25,27). The Labute approximate surface area is 184 Å². The largest absolute Gasteiger partial charge is 0.448 e. The van der Waals surface area contributed by atoms with E-state index in [1.54, 1.807) is 6.92 Å². The first-order valence-corrected chi connectivity index (χ1v) is 12.4. The Hall–Kier alpha value is -2.32. The molecular formula is C23H31N3O4S. The van der Waals surface area contributed by atoms with Crippen molar-refractivity contribution in [1.29, 1.82) is 0 Å². The summed E-state index contributed by atoms with van der Waals surface area (Å²) >= 11 is 0. The van der Waals surface area contributed by atoms with Crippen LogP contribution in [0.2, 0.25) is 0 Å². The lowest BCUT2D eigenvalue weighted by Crippen LogP contribution is -2.34. The van der Waals surface area contributed by atoms with Crippen molar-refractivity contribution in [3.05, 3.63) is 46.2 Å². The van der Waals surface area contributed by atoms with Gasteiger partial charge in [-0.2, -0.15) is 8.42 Å². The van der Waals surface area contributed by atoms with Crippen LogP contribution in [0.3, 0.4) is 0 Å². The second-order valence-corrected chi connectivity index (χ2v) is 10.7. The van der Waals surface area contributed by atoms with Crippen LogP contribution >= 0.6 is 0 Å². The molecule has 0 radical (unpaired) electrons. The molecule has 1 fully saturated rings. The molecule has 1 aromatic heterocycles. The number of carbonyl (C=O) groups is 1. The molecule has 2 aliphatic carbocycles. The lowest BCUT2D eigenvalue weighted by molar-refractivity contribution is 0.256. The van der Waals surface area contributed by atoms with Crippen LogP contribution in [0.4, 0.5) is 10.5 Å². The number of benzene rings is 1. The number of rotatable bonds is 7. The van der Waals surface area contributed by atoms with Crippen LogP contribution in [-0.2, 0) is 29.4 Å².